The molecule has 1 unspecified atom stereocenters. The molecule has 0 aliphatic carbocycles. The first-order valence-electron chi connectivity index (χ1n) is 8.61. The third kappa shape index (κ3) is 4.13. The number of carbonyl (C=O) groups is 1. The van der Waals surface area contributed by atoms with E-state index in [1.54, 1.807) is 0 Å². The lowest BCUT2D eigenvalue weighted by Gasteiger charge is -2.37. The van der Waals surface area contributed by atoms with Gasteiger partial charge in [-0.25, -0.2) is 0 Å². The Labute approximate surface area is 149 Å². The summed E-state index contributed by atoms with van der Waals surface area (Å²) < 4.78 is 11.7. The molecule has 1 atom stereocenters. The normalized spacial score (nSPS) is 18.0. The molecule has 0 saturated heterocycles. The number of hydrogen-bond donors (Lipinski definition) is 1. The van der Waals surface area contributed by atoms with Gasteiger partial charge in [-0.1, -0.05) is 30.3 Å². The largest absolute Gasteiger partial charge is 0.487 e. The highest BCUT2D eigenvalue weighted by Crippen LogP contribution is 2.39. The van der Waals surface area contributed by atoms with Crippen molar-refractivity contribution in [2.45, 2.75) is 45.8 Å². The number of rotatable bonds is 4. The van der Waals surface area contributed by atoms with Crippen molar-refractivity contribution >= 4 is 5.91 Å². The van der Waals surface area contributed by atoms with Gasteiger partial charge in [0.25, 0.3) is 5.91 Å². The molecular weight excluding hydrogens is 314 g/mol. The summed E-state index contributed by atoms with van der Waals surface area (Å²) in [5.41, 5.74) is 2.83. The van der Waals surface area contributed by atoms with E-state index in [0.717, 1.165) is 34.6 Å². The zero-order chi connectivity index (χ0) is 18.0. The highest BCUT2D eigenvalue weighted by atomic mass is 16.5. The molecule has 0 fully saturated rings. The molecule has 0 aromatic heterocycles. The lowest BCUT2D eigenvalue weighted by molar-refractivity contribution is -0.124. The van der Waals surface area contributed by atoms with E-state index in [1.165, 1.54) is 0 Å². The van der Waals surface area contributed by atoms with Gasteiger partial charge in [0.1, 0.15) is 17.1 Å². The van der Waals surface area contributed by atoms with Crippen LogP contribution in [-0.2, 0) is 4.79 Å². The molecule has 0 bridgehead atoms. The van der Waals surface area contributed by atoms with Crippen molar-refractivity contribution < 1.29 is 14.3 Å². The third-order valence-corrected chi connectivity index (χ3v) is 4.41. The van der Waals surface area contributed by atoms with Crippen LogP contribution in [0.15, 0.2) is 42.5 Å². The summed E-state index contributed by atoms with van der Waals surface area (Å²) in [5.74, 6) is 1.46. The van der Waals surface area contributed by atoms with Crippen LogP contribution in [0.3, 0.4) is 0 Å². The fourth-order valence-electron chi connectivity index (χ4n) is 3.17. The highest BCUT2D eigenvalue weighted by molar-refractivity contribution is 5.78. The molecule has 1 aliphatic heterocycles. The average Bonchev–Trinajstić information content (AvgIpc) is 2.54. The molecule has 4 heteroatoms. The molecule has 2 aromatic rings. The van der Waals surface area contributed by atoms with Crippen molar-refractivity contribution in [2.24, 2.45) is 0 Å². The molecule has 3 rings (SSSR count). The molecule has 0 radical (unpaired) electrons. The zero-order valence-electron chi connectivity index (χ0n) is 15.3. The Balaban J connectivity index is 1.67. The molecule has 1 heterocycles. The minimum atomic E-state index is -0.319. The fourth-order valence-corrected chi connectivity index (χ4v) is 3.17. The van der Waals surface area contributed by atoms with Crippen LogP contribution in [0.1, 0.15) is 43.0 Å². The topological polar surface area (TPSA) is 47.6 Å². The Morgan fingerprint density at radius 2 is 2.00 bits per heavy atom. The molecule has 1 aliphatic rings. The second-order valence-corrected chi connectivity index (χ2v) is 7.28. The Bertz CT molecular complexity index is 782. The second kappa shape index (κ2) is 6.79. The van der Waals surface area contributed by atoms with Crippen LogP contribution in [-0.4, -0.2) is 18.1 Å². The van der Waals surface area contributed by atoms with Crippen molar-refractivity contribution in [1.29, 1.82) is 0 Å². The molecule has 0 saturated carbocycles. The molecule has 132 valence electrons. The van der Waals surface area contributed by atoms with Crippen LogP contribution in [0.25, 0.3) is 0 Å². The number of fused-ring (bicyclic) bond motifs is 1. The maximum absolute atomic E-state index is 12.4. The quantitative estimate of drug-likeness (QED) is 0.912. The Kier molecular flexibility index (Phi) is 4.71. The molecule has 2 aromatic carbocycles. The summed E-state index contributed by atoms with van der Waals surface area (Å²) >= 11 is 0. The summed E-state index contributed by atoms with van der Waals surface area (Å²) in [4.78, 5) is 12.4. The maximum Gasteiger partial charge on any atom is 0.258 e. The molecule has 4 nitrogen and oxygen atoms in total. The lowest BCUT2D eigenvalue weighted by Crippen LogP contribution is -2.42. The van der Waals surface area contributed by atoms with Crippen molar-refractivity contribution in [3.8, 4) is 11.5 Å². The number of benzene rings is 2. The summed E-state index contributed by atoms with van der Waals surface area (Å²) in [5, 5.41) is 3.09. The van der Waals surface area contributed by atoms with Crippen LogP contribution in [0.5, 0.6) is 11.5 Å². The van der Waals surface area contributed by atoms with Crippen LogP contribution < -0.4 is 14.8 Å². The van der Waals surface area contributed by atoms with Crippen molar-refractivity contribution in [3.05, 3.63) is 59.2 Å². The zero-order valence-corrected chi connectivity index (χ0v) is 15.3. The van der Waals surface area contributed by atoms with Crippen molar-refractivity contribution in [1.82, 2.24) is 5.32 Å². The number of carbonyl (C=O) groups excluding carboxylic acids is 1. The average molecular weight is 339 g/mol. The van der Waals surface area contributed by atoms with Gasteiger partial charge in [-0.2, -0.15) is 0 Å². The number of ether oxygens (including phenoxy) is 2. The Morgan fingerprint density at radius 1 is 1.24 bits per heavy atom. The number of amides is 1. The number of aryl methyl sites for hydroxylation is 2. The Hall–Kier alpha value is -2.49. The van der Waals surface area contributed by atoms with Gasteiger partial charge in [0.05, 0.1) is 6.04 Å². The van der Waals surface area contributed by atoms with E-state index in [0.29, 0.717) is 0 Å². The van der Waals surface area contributed by atoms with Gasteiger partial charge in [0.15, 0.2) is 6.61 Å². The summed E-state index contributed by atoms with van der Waals surface area (Å²) in [6.07, 6.45) is 0.721. The molecule has 0 spiro atoms. The van der Waals surface area contributed by atoms with Crippen LogP contribution in [0.2, 0.25) is 0 Å². The SMILES string of the molecule is Cc1ccc(C)c(OCC(=O)NC2CC(C)(C)Oc3ccccc32)c1. The van der Waals surface area contributed by atoms with Gasteiger partial charge in [-0.3, -0.25) is 4.79 Å². The van der Waals surface area contributed by atoms with Gasteiger partial charge in [0, 0.05) is 12.0 Å². The van der Waals surface area contributed by atoms with E-state index >= 15 is 0 Å². The summed E-state index contributed by atoms with van der Waals surface area (Å²) in [6, 6.07) is 13.8. The van der Waals surface area contributed by atoms with E-state index < -0.39 is 0 Å². The second-order valence-electron chi connectivity index (χ2n) is 7.28. The van der Waals surface area contributed by atoms with Crippen molar-refractivity contribution in [2.75, 3.05) is 6.61 Å². The summed E-state index contributed by atoms with van der Waals surface area (Å²) in [7, 11) is 0. The van der Waals surface area contributed by atoms with E-state index in [4.69, 9.17) is 9.47 Å². The van der Waals surface area contributed by atoms with Gasteiger partial charge in [0.2, 0.25) is 0 Å². The fraction of sp³-hybridized carbons (Fsp3) is 0.381. The predicted octanol–water partition coefficient (Wildman–Crippen LogP) is 4.10. The maximum atomic E-state index is 12.4. The number of nitrogens with one attached hydrogen (secondary N) is 1. The van der Waals surface area contributed by atoms with Gasteiger partial charge in [-0.05, 0) is 51.0 Å². The number of para-hydroxylation sites is 1. The molecule has 1 N–H and O–H groups in total. The monoisotopic (exact) mass is 339 g/mol. The first-order valence-corrected chi connectivity index (χ1v) is 8.61. The molecule has 1 amide bonds. The first kappa shape index (κ1) is 17.3. The lowest BCUT2D eigenvalue weighted by atomic mass is 9.90. The van der Waals surface area contributed by atoms with Gasteiger partial charge in [-0.15, -0.1) is 0 Å². The predicted molar refractivity (Wildman–Crippen MR) is 98.1 cm³/mol. The van der Waals surface area contributed by atoms with Crippen LogP contribution in [0, 0.1) is 13.8 Å². The smallest absolute Gasteiger partial charge is 0.258 e. The van der Waals surface area contributed by atoms with Gasteiger partial charge >= 0.3 is 0 Å². The molecule has 25 heavy (non-hydrogen) atoms. The molecular formula is C21H25NO3. The van der Waals surface area contributed by atoms with Crippen LogP contribution >= 0.6 is 0 Å². The summed E-state index contributed by atoms with van der Waals surface area (Å²) in [6.45, 7) is 8.06. The van der Waals surface area contributed by atoms with Gasteiger partial charge < -0.3 is 14.8 Å². The first-order chi connectivity index (χ1) is 11.8. The number of hydrogen-bond acceptors (Lipinski definition) is 3. The minimum absolute atomic E-state index is 0.00421. The van der Waals surface area contributed by atoms with E-state index in [9.17, 15) is 4.79 Å². The van der Waals surface area contributed by atoms with E-state index in [1.807, 2.05) is 70.2 Å². The Morgan fingerprint density at radius 3 is 2.80 bits per heavy atom. The van der Waals surface area contributed by atoms with Crippen molar-refractivity contribution in [3.63, 3.8) is 0 Å². The minimum Gasteiger partial charge on any atom is -0.487 e. The van der Waals surface area contributed by atoms with E-state index in [-0.39, 0.29) is 24.2 Å². The standard InChI is InChI=1S/C21H25NO3/c1-14-9-10-15(2)19(11-14)24-13-20(23)22-17-12-21(3,4)25-18-8-6-5-7-16(17)18/h5-11,17H,12-13H2,1-4H3,(H,22,23). The third-order valence-electron chi connectivity index (χ3n) is 4.41. The van der Waals surface area contributed by atoms with Crippen LogP contribution in [0.4, 0.5) is 0 Å². The highest BCUT2D eigenvalue weighted by Gasteiger charge is 2.34. The van der Waals surface area contributed by atoms with E-state index in [2.05, 4.69) is 5.32 Å².